The average Bonchev–Trinajstić information content (AvgIpc) is 2.66. The van der Waals surface area contributed by atoms with Gasteiger partial charge < -0.3 is 32.5 Å². The highest BCUT2D eigenvalue weighted by molar-refractivity contribution is 5.94. The van der Waals surface area contributed by atoms with Gasteiger partial charge in [0.15, 0.2) is 0 Å². The van der Waals surface area contributed by atoms with Crippen molar-refractivity contribution < 1.29 is 29.1 Å². The zero-order chi connectivity index (χ0) is 23.4. The Morgan fingerprint density at radius 1 is 0.933 bits per heavy atom. The van der Waals surface area contributed by atoms with E-state index in [1.807, 2.05) is 20.8 Å². The first-order valence-corrected chi connectivity index (χ1v) is 10.0. The minimum absolute atomic E-state index is 0.0170. The van der Waals surface area contributed by atoms with Crippen LogP contribution in [0.2, 0.25) is 0 Å². The van der Waals surface area contributed by atoms with Gasteiger partial charge in [0.05, 0.1) is 6.04 Å². The second-order valence-corrected chi connectivity index (χ2v) is 7.78. The Morgan fingerprint density at radius 2 is 1.50 bits per heavy atom. The summed E-state index contributed by atoms with van der Waals surface area (Å²) in [7, 11) is 0. The molecule has 11 heteroatoms. The fourth-order valence-electron chi connectivity index (χ4n) is 2.60. The molecule has 0 bridgehead atoms. The summed E-state index contributed by atoms with van der Waals surface area (Å²) in [5.41, 5.74) is 11.1. The number of rotatable bonds is 14. The smallest absolute Gasteiger partial charge is 0.322 e. The standard InChI is InChI=1S/C19H35N5O6/c1-5-11(4)16(21)19(30)23-12(6-7-14(20)25)18(29)24-13(8-10(2)3)17(28)22-9-15(26)27/h10-13,16H,5-9,21H2,1-4H3,(H2,20,25)(H,22,28)(H,23,30)(H,24,29)(H,26,27). The van der Waals surface area contributed by atoms with Gasteiger partial charge in [-0.1, -0.05) is 34.1 Å². The van der Waals surface area contributed by atoms with Crippen LogP contribution in [0.1, 0.15) is 53.4 Å². The molecule has 172 valence electrons. The molecule has 0 aliphatic heterocycles. The van der Waals surface area contributed by atoms with Gasteiger partial charge in [0.1, 0.15) is 18.6 Å². The maximum absolute atomic E-state index is 12.8. The number of nitrogens with one attached hydrogen (secondary N) is 3. The van der Waals surface area contributed by atoms with E-state index in [1.165, 1.54) is 0 Å². The first-order valence-electron chi connectivity index (χ1n) is 10.0. The summed E-state index contributed by atoms with van der Waals surface area (Å²) in [6, 6.07) is -2.97. The fourth-order valence-corrected chi connectivity index (χ4v) is 2.60. The minimum atomic E-state index is -1.22. The number of carboxylic acid groups (broad SMARTS) is 1. The normalized spacial score (nSPS) is 14.9. The lowest BCUT2D eigenvalue weighted by molar-refractivity contribution is -0.138. The summed E-state index contributed by atoms with van der Waals surface area (Å²) in [5.74, 6) is -3.86. The molecule has 0 aromatic rings. The molecule has 4 unspecified atom stereocenters. The van der Waals surface area contributed by atoms with E-state index in [4.69, 9.17) is 16.6 Å². The first-order chi connectivity index (χ1) is 13.9. The quantitative estimate of drug-likeness (QED) is 0.200. The highest BCUT2D eigenvalue weighted by atomic mass is 16.4. The van der Waals surface area contributed by atoms with Crippen molar-refractivity contribution in [2.24, 2.45) is 23.3 Å². The van der Waals surface area contributed by atoms with Gasteiger partial charge in [0.25, 0.3) is 0 Å². The molecule has 0 radical (unpaired) electrons. The number of carboxylic acids is 1. The predicted octanol–water partition coefficient (Wildman–Crippen LogP) is -1.16. The molecule has 0 saturated heterocycles. The second-order valence-electron chi connectivity index (χ2n) is 7.78. The predicted molar refractivity (Wildman–Crippen MR) is 110 cm³/mol. The van der Waals surface area contributed by atoms with E-state index in [-0.39, 0.29) is 31.1 Å². The molecule has 0 spiro atoms. The van der Waals surface area contributed by atoms with Gasteiger partial charge in [0, 0.05) is 6.42 Å². The van der Waals surface area contributed by atoms with Crippen molar-refractivity contribution in [2.75, 3.05) is 6.54 Å². The highest BCUT2D eigenvalue weighted by Crippen LogP contribution is 2.09. The Kier molecular flexibility index (Phi) is 12.3. The van der Waals surface area contributed by atoms with E-state index in [2.05, 4.69) is 16.0 Å². The lowest BCUT2D eigenvalue weighted by Gasteiger charge is -2.25. The van der Waals surface area contributed by atoms with Crippen molar-refractivity contribution >= 4 is 29.6 Å². The maximum Gasteiger partial charge on any atom is 0.322 e. The van der Waals surface area contributed by atoms with Crippen molar-refractivity contribution in [1.82, 2.24) is 16.0 Å². The molecule has 8 N–H and O–H groups in total. The van der Waals surface area contributed by atoms with Crippen LogP contribution in [-0.2, 0) is 24.0 Å². The first kappa shape index (κ1) is 27.3. The van der Waals surface area contributed by atoms with E-state index in [1.54, 1.807) is 6.92 Å². The molecule has 4 amide bonds. The molecule has 0 aliphatic carbocycles. The zero-order valence-electron chi connectivity index (χ0n) is 18.1. The third-order valence-electron chi connectivity index (χ3n) is 4.63. The lowest BCUT2D eigenvalue weighted by atomic mass is 9.98. The summed E-state index contributed by atoms with van der Waals surface area (Å²) in [6.07, 6.45) is 0.690. The Bertz CT molecular complexity index is 625. The molecule has 0 aromatic carbocycles. The van der Waals surface area contributed by atoms with E-state index in [9.17, 15) is 24.0 Å². The highest BCUT2D eigenvalue weighted by Gasteiger charge is 2.29. The Morgan fingerprint density at radius 3 is 1.97 bits per heavy atom. The third kappa shape index (κ3) is 10.7. The van der Waals surface area contributed by atoms with Gasteiger partial charge in [-0.05, 0) is 24.7 Å². The van der Waals surface area contributed by atoms with Crippen LogP contribution in [0.25, 0.3) is 0 Å². The minimum Gasteiger partial charge on any atom is -0.480 e. The van der Waals surface area contributed by atoms with Crippen LogP contribution in [0.3, 0.4) is 0 Å². The molecule has 0 aromatic heterocycles. The van der Waals surface area contributed by atoms with Crippen molar-refractivity contribution in [3.8, 4) is 0 Å². The largest absolute Gasteiger partial charge is 0.480 e. The van der Waals surface area contributed by atoms with Crippen molar-refractivity contribution in [1.29, 1.82) is 0 Å². The van der Waals surface area contributed by atoms with Crippen LogP contribution >= 0.6 is 0 Å². The summed E-state index contributed by atoms with van der Waals surface area (Å²) in [5, 5.41) is 16.0. The van der Waals surface area contributed by atoms with Gasteiger partial charge in [0.2, 0.25) is 23.6 Å². The fraction of sp³-hybridized carbons (Fsp3) is 0.737. The SMILES string of the molecule is CCC(C)C(N)C(=O)NC(CCC(N)=O)C(=O)NC(CC(C)C)C(=O)NCC(=O)O. The molecular formula is C19H35N5O6. The maximum atomic E-state index is 12.8. The summed E-state index contributed by atoms with van der Waals surface area (Å²) in [6.45, 7) is 6.76. The number of carbonyl (C=O) groups excluding carboxylic acids is 4. The number of amides is 4. The topological polar surface area (TPSA) is 194 Å². The van der Waals surface area contributed by atoms with E-state index in [0.717, 1.165) is 0 Å². The molecule has 0 fully saturated rings. The van der Waals surface area contributed by atoms with Gasteiger partial charge in [-0.15, -0.1) is 0 Å². The molecule has 30 heavy (non-hydrogen) atoms. The molecule has 11 nitrogen and oxygen atoms in total. The zero-order valence-corrected chi connectivity index (χ0v) is 18.1. The van der Waals surface area contributed by atoms with E-state index >= 15 is 0 Å². The lowest BCUT2D eigenvalue weighted by Crippen LogP contribution is -2.57. The molecule has 0 saturated carbocycles. The number of nitrogens with two attached hydrogens (primary N) is 2. The van der Waals surface area contributed by atoms with Crippen LogP contribution < -0.4 is 27.4 Å². The van der Waals surface area contributed by atoms with Gasteiger partial charge in [-0.25, -0.2) is 0 Å². The monoisotopic (exact) mass is 429 g/mol. The Hall–Kier alpha value is -2.69. The molecule has 4 atom stereocenters. The number of primary amides is 1. The average molecular weight is 430 g/mol. The third-order valence-corrected chi connectivity index (χ3v) is 4.63. The Labute approximate surface area is 176 Å². The van der Waals surface area contributed by atoms with Gasteiger partial charge in [-0.3, -0.25) is 24.0 Å². The molecular weight excluding hydrogens is 394 g/mol. The molecule has 0 rings (SSSR count). The number of aliphatic carboxylic acids is 1. The van der Waals surface area contributed by atoms with Crippen molar-refractivity contribution in [2.45, 2.75) is 71.5 Å². The van der Waals surface area contributed by atoms with Gasteiger partial charge >= 0.3 is 5.97 Å². The Balaban J connectivity index is 5.35. The van der Waals surface area contributed by atoms with Crippen LogP contribution in [0.4, 0.5) is 0 Å². The second kappa shape index (κ2) is 13.5. The number of hydrogen-bond donors (Lipinski definition) is 6. The van der Waals surface area contributed by atoms with Crippen molar-refractivity contribution in [3.63, 3.8) is 0 Å². The van der Waals surface area contributed by atoms with Crippen LogP contribution in [0.15, 0.2) is 0 Å². The van der Waals surface area contributed by atoms with Crippen LogP contribution in [0, 0.1) is 11.8 Å². The van der Waals surface area contributed by atoms with Crippen molar-refractivity contribution in [3.05, 3.63) is 0 Å². The summed E-state index contributed by atoms with van der Waals surface area (Å²) < 4.78 is 0. The number of carbonyl (C=O) groups is 5. The van der Waals surface area contributed by atoms with E-state index in [0.29, 0.717) is 6.42 Å². The van der Waals surface area contributed by atoms with Gasteiger partial charge in [-0.2, -0.15) is 0 Å². The van der Waals surface area contributed by atoms with Crippen LogP contribution in [-0.4, -0.2) is 59.4 Å². The molecule has 0 aliphatic rings. The summed E-state index contributed by atoms with van der Waals surface area (Å²) >= 11 is 0. The van der Waals surface area contributed by atoms with E-state index < -0.39 is 54.3 Å². The van der Waals surface area contributed by atoms with Crippen LogP contribution in [0.5, 0.6) is 0 Å². The summed E-state index contributed by atoms with van der Waals surface area (Å²) in [4.78, 5) is 59.3. The molecule has 0 heterocycles. The number of hydrogen-bond acceptors (Lipinski definition) is 6.